The van der Waals surface area contributed by atoms with Gasteiger partial charge in [-0.05, 0) is 42.7 Å². The van der Waals surface area contributed by atoms with Gasteiger partial charge >= 0.3 is 0 Å². The Morgan fingerprint density at radius 1 is 0.652 bits per heavy atom. The van der Waals surface area contributed by atoms with Crippen molar-refractivity contribution in [2.75, 3.05) is 4.90 Å². The van der Waals surface area contributed by atoms with E-state index < -0.39 is 0 Å². The smallest absolute Gasteiger partial charge is 0.235 e. The average Bonchev–Trinajstić information content (AvgIpc) is 3.48. The second-order valence-electron chi connectivity index (χ2n) is 12.0. The van der Waals surface area contributed by atoms with E-state index in [1.54, 1.807) is 0 Å². The largest absolute Gasteiger partial charge is 0.305 e. The lowest BCUT2D eigenvalue weighted by molar-refractivity contribution is 0.852. The molecule has 0 saturated heterocycles. The van der Waals surface area contributed by atoms with Crippen LogP contribution in [0.2, 0.25) is 0 Å². The molecule has 2 aromatic heterocycles. The topological polar surface area (TPSA) is 34.0 Å². The van der Waals surface area contributed by atoms with Crippen LogP contribution in [0.4, 0.5) is 17.3 Å². The second-order valence-corrected chi connectivity index (χ2v) is 12.0. The van der Waals surface area contributed by atoms with Crippen molar-refractivity contribution < 1.29 is 0 Å². The number of hydrogen-bond donors (Lipinski definition) is 0. The maximum absolute atomic E-state index is 5.46. The van der Waals surface area contributed by atoms with Crippen molar-refractivity contribution in [1.82, 2.24) is 14.5 Å². The molecule has 3 heterocycles. The summed E-state index contributed by atoms with van der Waals surface area (Å²) in [5.74, 6) is 0.996. The van der Waals surface area contributed by atoms with Gasteiger partial charge in [-0.3, -0.25) is 4.90 Å². The quantitative estimate of drug-likeness (QED) is 0.199. The molecule has 0 bridgehead atoms. The van der Waals surface area contributed by atoms with Gasteiger partial charge in [-0.15, -0.1) is 0 Å². The Bertz CT molecular complexity index is 2270. The number of hydrogen-bond acceptors (Lipinski definition) is 3. The van der Waals surface area contributed by atoms with E-state index in [9.17, 15) is 0 Å². The van der Waals surface area contributed by atoms with Gasteiger partial charge in [0.25, 0.3) is 0 Å². The van der Waals surface area contributed by atoms with Gasteiger partial charge < -0.3 is 4.57 Å². The van der Waals surface area contributed by atoms with Crippen molar-refractivity contribution >= 4 is 39.1 Å². The van der Waals surface area contributed by atoms with Crippen LogP contribution in [0, 0.1) is 0 Å². The van der Waals surface area contributed by atoms with Gasteiger partial charge in [0, 0.05) is 33.4 Å². The molecule has 0 amide bonds. The Hall–Kier alpha value is -5.74. The average molecular weight is 593 g/mol. The van der Waals surface area contributed by atoms with E-state index in [0.717, 1.165) is 58.0 Å². The first kappa shape index (κ1) is 26.6. The standard InChI is InChI=1S/C42H32N4/c1-2-32-39(29-17-8-4-9-18-29)43-42(44-40(32)30-19-10-5-11-20-30)46-37-24-14-22-34-33-21-12-13-23-35(33)45(41(34)37)36-26-25-31(27-38(36)46)28-15-6-3-7-16-28/h3-15,17-28H,2,16H2,1H3. The Morgan fingerprint density at radius 2 is 1.35 bits per heavy atom. The molecule has 9 rings (SSSR count). The molecule has 4 heteroatoms. The van der Waals surface area contributed by atoms with Crippen LogP contribution < -0.4 is 4.90 Å². The predicted octanol–water partition coefficient (Wildman–Crippen LogP) is 10.9. The highest BCUT2D eigenvalue weighted by Crippen LogP contribution is 2.50. The molecule has 1 aliphatic carbocycles. The molecule has 5 aromatic carbocycles. The fourth-order valence-corrected chi connectivity index (χ4v) is 7.32. The zero-order chi connectivity index (χ0) is 30.6. The van der Waals surface area contributed by atoms with Gasteiger partial charge in [0.05, 0.1) is 39.5 Å². The third-order valence-corrected chi connectivity index (χ3v) is 9.45. The first-order valence-corrected chi connectivity index (χ1v) is 16.1. The van der Waals surface area contributed by atoms with Crippen LogP contribution >= 0.6 is 0 Å². The van der Waals surface area contributed by atoms with Gasteiger partial charge in [0.2, 0.25) is 5.95 Å². The molecule has 0 radical (unpaired) electrons. The molecule has 7 aromatic rings. The van der Waals surface area contributed by atoms with Crippen LogP contribution in [0.5, 0.6) is 0 Å². The van der Waals surface area contributed by atoms with E-state index in [4.69, 9.17) is 9.97 Å². The first-order chi connectivity index (χ1) is 22.8. The summed E-state index contributed by atoms with van der Waals surface area (Å²) < 4.78 is 2.43. The van der Waals surface area contributed by atoms with Crippen molar-refractivity contribution in [3.8, 4) is 28.2 Å². The molecule has 1 aliphatic heterocycles. The van der Waals surface area contributed by atoms with E-state index in [1.165, 1.54) is 27.4 Å². The first-order valence-electron chi connectivity index (χ1n) is 16.1. The lowest BCUT2D eigenvalue weighted by atomic mass is 9.91. The fourth-order valence-electron chi connectivity index (χ4n) is 7.32. The summed E-state index contributed by atoms with van der Waals surface area (Å²) in [6.45, 7) is 2.20. The second kappa shape index (κ2) is 10.7. The zero-order valence-electron chi connectivity index (χ0n) is 25.6. The lowest BCUT2D eigenvalue weighted by Crippen LogP contribution is -2.21. The summed E-state index contributed by atoms with van der Waals surface area (Å²) in [7, 11) is 0. The number of fused-ring (bicyclic) bond motifs is 5. The molecule has 0 spiro atoms. The Kier molecular flexibility index (Phi) is 6.20. The zero-order valence-corrected chi connectivity index (χ0v) is 25.6. The van der Waals surface area contributed by atoms with Crippen molar-refractivity contribution in [3.63, 3.8) is 0 Å². The van der Waals surface area contributed by atoms with Gasteiger partial charge in [-0.2, -0.15) is 0 Å². The van der Waals surface area contributed by atoms with Crippen LogP contribution in [0.15, 0.2) is 146 Å². The number of aromatic nitrogens is 3. The molecule has 4 nitrogen and oxygen atoms in total. The summed E-state index contributed by atoms with van der Waals surface area (Å²) in [5.41, 5.74) is 12.3. The van der Waals surface area contributed by atoms with Crippen LogP contribution in [0.25, 0.3) is 50.0 Å². The van der Waals surface area contributed by atoms with Crippen LogP contribution in [0.3, 0.4) is 0 Å². The number of para-hydroxylation sites is 2. The Labute approximate surface area is 268 Å². The molecule has 2 aliphatic rings. The van der Waals surface area contributed by atoms with Crippen molar-refractivity contribution in [2.24, 2.45) is 0 Å². The monoisotopic (exact) mass is 592 g/mol. The van der Waals surface area contributed by atoms with Gasteiger partial charge in [-0.1, -0.05) is 128 Å². The Balaban J connectivity index is 1.38. The van der Waals surface area contributed by atoms with Gasteiger partial charge in [0.15, 0.2) is 0 Å². The highest BCUT2D eigenvalue weighted by molar-refractivity contribution is 6.16. The molecule has 46 heavy (non-hydrogen) atoms. The predicted molar refractivity (Wildman–Crippen MR) is 190 cm³/mol. The maximum Gasteiger partial charge on any atom is 0.235 e. The Morgan fingerprint density at radius 3 is 2.04 bits per heavy atom. The summed E-state index contributed by atoms with van der Waals surface area (Å²) in [6.07, 6.45) is 10.7. The lowest BCUT2D eigenvalue weighted by Gasteiger charge is -2.33. The number of allylic oxidation sites excluding steroid dienone is 4. The molecular weight excluding hydrogens is 560 g/mol. The third-order valence-electron chi connectivity index (χ3n) is 9.45. The maximum atomic E-state index is 5.46. The number of benzene rings is 5. The van der Waals surface area contributed by atoms with Crippen molar-refractivity contribution in [2.45, 2.75) is 25.7 Å². The van der Waals surface area contributed by atoms with Gasteiger partial charge in [0.1, 0.15) is 0 Å². The summed E-state index contributed by atoms with van der Waals surface area (Å²) >= 11 is 0. The molecule has 0 saturated carbocycles. The summed E-state index contributed by atoms with van der Waals surface area (Å²) in [6, 6.07) is 43.4. The van der Waals surface area contributed by atoms with E-state index in [0.29, 0.717) is 11.9 Å². The van der Waals surface area contributed by atoms with E-state index >= 15 is 0 Å². The summed E-state index contributed by atoms with van der Waals surface area (Å²) in [4.78, 5) is 13.2. The molecular formula is C42H32N4. The normalized spacial score (nSPS) is 15.1. The molecule has 1 atom stereocenters. The molecule has 0 fully saturated rings. The molecule has 0 N–H and O–H groups in total. The third kappa shape index (κ3) is 4.07. The van der Waals surface area contributed by atoms with Crippen molar-refractivity contribution in [3.05, 3.63) is 157 Å². The van der Waals surface area contributed by atoms with E-state index in [-0.39, 0.29) is 0 Å². The van der Waals surface area contributed by atoms with E-state index in [1.807, 2.05) is 0 Å². The number of nitrogens with zero attached hydrogens (tertiary/aromatic N) is 4. The molecule has 1 unspecified atom stereocenters. The highest BCUT2D eigenvalue weighted by atomic mass is 15.3. The van der Waals surface area contributed by atoms with Gasteiger partial charge in [-0.25, -0.2) is 9.97 Å². The van der Waals surface area contributed by atoms with Crippen LogP contribution in [-0.2, 0) is 6.42 Å². The van der Waals surface area contributed by atoms with Crippen LogP contribution in [0.1, 0.15) is 30.4 Å². The number of rotatable bonds is 5. The highest BCUT2D eigenvalue weighted by Gasteiger charge is 2.32. The minimum Gasteiger partial charge on any atom is -0.305 e. The van der Waals surface area contributed by atoms with E-state index in [2.05, 4.69) is 162 Å². The number of anilines is 3. The van der Waals surface area contributed by atoms with Crippen molar-refractivity contribution in [1.29, 1.82) is 0 Å². The van der Waals surface area contributed by atoms with Crippen LogP contribution in [-0.4, -0.2) is 14.5 Å². The SMILES string of the molecule is CCc1c(-c2ccccc2)nc(N2c3cc(C4C=CC=CC4)ccc3-n3c4ccccc4c4cccc2c43)nc1-c1ccccc1. The molecule has 220 valence electrons. The fraction of sp³-hybridized carbons (Fsp3) is 0.0952. The summed E-state index contributed by atoms with van der Waals surface area (Å²) in [5, 5.41) is 2.47. The minimum atomic E-state index is 0.318. The minimum absolute atomic E-state index is 0.318.